The lowest BCUT2D eigenvalue weighted by atomic mass is 10.1. The minimum absolute atomic E-state index is 0.00855. The van der Waals surface area contributed by atoms with Gasteiger partial charge in [-0.05, 0) is 37.5 Å². The van der Waals surface area contributed by atoms with Crippen molar-refractivity contribution in [2.24, 2.45) is 0 Å². The Balaban J connectivity index is 1.86. The van der Waals surface area contributed by atoms with Gasteiger partial charge in [0, 0.05) is 22.8 Å². The maximum absolute atomic E-state index is 14.7. The monoisotopic (exact) mass is 406 g/mol. The van der Waals surface area contributed by atoms with Crippen LogP contribution in [0.1, 0.15) is 23.4 Å². The van der Waals surface area contributed by atoms with Crippen molar-refractivity contribution >= 4 is 17.5 Å². The summed E-state index contributed by atoms with van der Waals surface area (Å²) in [7, 11) is -1.48. The third-order valence-corrected chi connectivity index (χ3v) is 4.37. The number of ether oxygens (including phenoxy) is 1. The number of carbonyl (C=O) groups excluding carboxylic acids is 2. The highest BCUT2D eigenvalue weighted by molar-refractivity contribution is 6.10. The molecule has 3 rings (SSSR count). The molecular formula is C20H19F2N3O4. The van der Waals surface area contributed by atoms with Gasteiger partial charge < -0.3 is 10.1 Å². The SMILES string of the molecule is [2H]C([2H])([2H])Oc1cccc(-c2cc(F)c(NC(=O)C3=C(C(=O)NOC)CCC3)c(F)c2)n1. The van der Waals surface area contributed by atoms with E-state index in [0.29, 0.717) is 12.8 Å². The summed E-state index contributed by atoms with van der Waals surface area (Å²) >= 11 is 0. The molecule has 1 aliphatic carbocycles. The van der Waals surface area contributed by atoms with Crippen LogP contribution in [0.4, 0.5) is 14.5 Å². The molecule has 0 saturated heterocycles. The predicted octanol–water partition coefficient (Wildman–Crippen LogP) is 3.13. The van der Waals surface area contributed by atoms with Crippen molar-refractivity contribution in [1.82, 2.24) is 10.5 Å². The Kier molecular flexibility index (Phi) is 5.03. The number of nitrogens with one attached hydrogen (secondary N) is 2. The Morgan fingerprint density at radius 2 is 1.83 bits per heavy atom. The van der Waals surface area contributed by atoms with Crippen molar-refractivity contribution in [3.8, 4) is 17.1 Å². The van der Waals surface area contributed by atoms with Crippen molar-refractivity contribution < 1.29 is 32.1 Å². The molecule has 0 radical (unpaired) electrons. The molecule has 7 nitrogen and oxygen atoms in total. The first-order chi connectivity index (χ1) is 15.1. The number of methoxy groups -OCH3 is 1. The molecule has 2 amide bonds. The van der Waals surface area contributed by atoms with Crippen molar-refractivity contribution in [2.75, 3.05) is 19.5 Å². The van der Waals surface area contributed by atoms with Gasteiger partial charge in [0.05, 0.1) is 24.0 Å². The Bertz CT molecular complexity index is 1070. The number of amides is 2. The van der Waals surface area contributed by atoms with Gasteiger partial charge in [0.2, 0.25) is 5.88 Å². The van der Waals surface area contributed by atoms with Gasteiger partial charge in [0.15, 0.2) is 0 Å². The molecule has 9 heteroatoms. The van der Waals surface area contributed by atoms with Gasteiger partial charge in [-0.3, -0.25) is 14.4 Å². The fourth-order valence-corrected chi connectivity index (χ4v) is 3.06. The van der Waals surface area contributed by atoms with Crippen LogP contribution in [-0.2, 0) is 14.4 Å². The Morgan fingerprint density at radius 1 is 1.14 bits per heavy atom. The molecule has 1 aromatic heterocycles. The lowest BCUT2D eigenvalue weighted by Crippen LogP contribution is -2.26. The van der Waals surface area contributed by atoms with Crippen LogP contribution in [0.2, 0.25) is 0 Å². The third-order valence-electron chi connectivity index (χ3n) is 4.37. The van der Waals surface area contributed by atoms with Crippen molar-refractivity contribution in [3.63, 3.8) is 0 Å². The van der Waals surface area contributed by atoms with Crippen LogP contribution >= 0.6 is 0 Å². The van der Waals surface area contributed by atoms with Crippen LogP contribution in [0.25, 0.3) is 11.3 Å². The number of halogens is 2. The normalized spacial score (nSPS) is 15.3. The van der Waals surface area contributed by atoms with E-state index in [-0.39, 0.29) is 34.7 Å². The van der Waals surface area contributed by atoms with Gasteiger partial charge in [-0.15, -0.1) is 0 Å². The zero-order valence-corrected chi connectivity index (χ0v) is 15.3. The van der Waals surface area contributed by atoms with Crippen LogP contribution < -0.4 is 15.5 Å². The lowest BCUT2D eigenvalue weighted by Gasteiger charge is -2.12. The Hall–Kier alpha value is -3.33. The summed E-state index contributed by atoms with van der Waals surface area (Å²) in [6.07, 6.45) is 1.15. The molecule has 1 aliphatic rings. The molecule has 2 N–H and O–H groups in total. The first-order valence-corrected chi connectivity index (χ1v) is 8.61. The summed E-state index contributed by atoms with van der Waals surface area (Å²) < 4.78 is 55.4. The highest BCUT2D eigenvalue weighted by Gasteiger charge is 2.27. The maximum Gasteiger partial charge on any atom is 0.271 e. The average molecular weight is 406 g/mol. The van der Waals surface area contributed by atoms with Gasteiger partial charge in [-0.2, -0.15) is 0 Å². The summed E-state index contributed by atoms with van der Waals surface area (Å²) in [4.78, 5) is 33.1. The highest BCUT2D eigenvalue weighted by atomic mass is 19.1. The van der Waals surface area contributed by atoms with E-state index in [1.165, 1.54) is 25.3 Å². The smallest absolute Gasteiger partial charge is 0.271 e. The minimum Gasteiger partial charge on any atom is -0.481 e. The van der Waals surface area contributed by atoms with E-state index in [4.69, 9.17) is 8.85 Å². The molecule has 0 spiro atoms. The first-order valence-electron chi connectivity index (χ1n) is 10.1. The van der Waals surface area contributed by atoms with E-state index in [1.54, 1.807) is 0 Å². The molecule has 0 unspecified atom stereocenters. The molecule has 1 aromatic carbocycles. The van der Waals surface area contributed by atoms with Gasteiger partial charge in [-0.1, -0.05) is 6.07 Å². The van der Waals surface area contributed by atoms with E-state index in [0.717, 1.165) is 12.1 Å². The zero-order valence-electron chi connectivity index (χ0n) is 18.3. The number of rotatable bonds is 6. The standard InChI is InChI=1S/C20H19F2N3O4/c1-28-17-8-4-7-16(23-17)11-9-14(21)18(15(22)10-11)24-19(26)12-5-3-6-13(12)20(27)25-29-2/h4,7-10H,3,5-6H2,1-2H3,(H,24,26)(H,25,27)/i1D3. The molecule has 0 bridgehead atoms. The summed E-state index contributed by atoms with van der Waals surface area (Å²) in [5, 5.41) is 2.18. The number of anilines is 1. The van der Waals surface area contributed by atoms with Crippen molar-refractivity contribution in [3.05, 3.63) is 53.1 Å². The number of aromatic nitrogens is 1. The topological polar surface area (TPSA) is 89.5 Å². The molecule has 0 saturated carbocycles. The molecule has 29 heavy (non-hydrogen) atoms. The summed E-state index contributed by atoms with van der Waals surface area (Å²) in [5.41, 5.74) is 1.84. The molecule has 0 atom stereocenters. The van der Waals surface area contributed by atoms with E-state index >= 15 is 0 Å². The van der Waals surface area contributed by atoms with Crippen LogP contribution in [0, 0.1) is 11.6 Å². The van der Waals surface area contributed by atoms with E-state index in [1.807, 2.05) is 0 Å². The van der Waals surface area contributed by atoms with Crippen LogP contribution in [0.3, 0.4) is 0 Å². The first kappa shape index (κ1) is 16.6. The molecule has 2 aromatic rings. The number of hydroxylamine groups is 1. The highest BCUT2D eigenvalue weighted by Crippen LogP contribution is 2.30. The third kappa shape index (κ3) is 4.40. The summed E-state index contributed by atoms with van der Waals surface area (Å²) in [5.74, 6) is -3.76. The number of pyridine rings is 1. The van der Waals surface area contributed by atoms with Gasteiger partial charge in [-0.25, -0.2) is 19.2 Å². The predicted molar refractivity (Wildman–Crippen MR) is 101 cm³/mol. The second-order valence-electron chi connectivity index (χ2n) is 6.18. The number of hydrogen-bond donors (Lipinski definition) is 2. The Labute approximate surface area is 169 Å². The average Bonchev–Trinajstić information content (AvgIpc) is 3.20. The molecule has 0 fully saturated rings. The van der Waals surface area contributed by atoms with Crippen LogP contribution in [0.5, 0.6) is 5.88 Å². The molecule has 0 aliphatic heterocycles. The summed E-state index contributed by atoms with van der Waals surface area (Å²) in [6.45, 7) is 0. The van der Waals surface area contributed by atoms with Crippen LogP contribution in [0.15, 0.2) is 41.5 Å². The van der Waals surface area contributed by atoms with Gasteiger partial charge in [0.25, 0.3) is 11.8 Å². The van der Waals surface area contributed by atoms with E-state index in [2.05, 4.69) is 20.6 Å². The van der Waals surface area contributed by atoms with Crippen molar-refractivity contribution in [2.45, 2.75) is 19.3 Å². The number of nitrogens with zero attached hydrogens (tertiary/aromatic N) is 1. The minimum atomic E-state index is -2.73. The fourth-order valence-electron chi connectivity index (χ4n) is 3.06. The number of benzene rings is 1. The zero-order chi connectivity index (χ0) is 23.5. The number of hydrogen-bond acceptors (Lipinski definition) is 5. The van der Waals surface area contributed by atoms with E-state index in [9.17, 15) is 18.4 Å². The van der Waals surface area contributed by atoms with Crippen molar-refractivity contribution in [1.29, 1.82) is 0 Å². The lowest BCUT2D eigenvalue weighted by molar-refractivity contribution is -0.127. The molecule has 1 heterocycles. The second-order valence-corrected chi connectivity index (χ2v) is 6.18. The number of carbonyl (C=O) groups is 2. The van der Waals surface area contributed by atoms with Gasteiger partial charge >= 0.3 is 0 Å². The maximum atomic E-state index is 14.7. The largest absolute Gasteiger partial charge is 0.481 e. The molecular weight excluding hydrogens is 384 g/mol. The molecule has 152 valence electrons. The Morgan fingerprint density at radius 3 is 2.48 bits per heavy atom. The van der Waals surface area contributed by atoms with Gasteiger partial charge in [0.1, 0.15) is 17.3 Å². The second kappa shape index (κ2) is 8.78. The quantitative estimate of drug-likeness (QED) is 0.720. The van der Waals surface area contributed by atoms with Crippen LogP contribution in [-0.4, -0.2) is 30.9 Å². The fraction of sp³-hybridized carbons (Fsp3) is 0.250. The van der Waals surface area contributed by atoms with E-state index < -0.39 is 36.2 Å². The summed E-state index contributed by atoms with van der Waals surface area (Å²) in [6, 6.07) is 6.03.